The summed E-state index contributed by atoms with van der Waals surface area (Å²) in [7, 11) is 0. The molecular formula is C14H16N2O. The molecule has 2 aromatic rings. The lowest BCUT2D eigenvalue weighted by Crippen LogP contribution is -2.18. The lowest BCUT2D eigenvalue weighted by molar-refractivity contribution is 0.776. The van der Waals surface area contributed by atoms with E-state index in [1.165, 1.54) is 5.56 Å². The molecule has 3 nitrogen and oxygen atoms in total. The van der Waals surface area contributed by atoms with E-state index >= 15 is 0 Å². The Hall–Kier alpha value is -1.77. The van der Waals surface area contributed by atoms with Crippen LogP contribution in [-0.2, 0) is 12.8 Å². The molecule has 0 fully saturated rings. The number of aromatic amines is 1. The minimum absolute atomic E-state index is 0.131. The second-order valence-electron chi connectivity index (χ2n) is 4.85. The van der Waals surface area contributed by atoms with Gasteiger partial charge in [0, 0.05) is 11.3 Å². The molecule has 88 valence electrons. The van der Waals surface area contributed by atoms with Crippen LogP contribution in [-0.4, -0.2) is 9.78 Å². The third-order valence-corrected chi connectivity index (χ3v) is 3.53. The summed E-state index contributed by atoms with van der Waals surface area (Å²) in [6, 6.07) is 6.19. The minimum Gasteiger partial charge on any atom is -0.295 e. The van der Waals surface area contributed by atoms with Gasteiger partial charge in [-0.15, -0.1) is 0 Å². The maximum Gasteiger partial charge on any atom is 0.274 e. The van der Waals surface area contributed by atoms with E-state index in [2.05, 4.69) is 23.3 Å². The van der Waals surface area contributed by atoms with E-state index in [9.17, 15) is 4.79 Å². The van der Waals surface area contributed by atoms with E-state index in [4.69, 9.17) is 0 Å². The summed E-state index contributed by atoms with van der Waals surface area (Å²) in [4.78, 5) is 12.3. The fraction of sp³-hybridized carbons (Fsp3) is 0.357. The summed E-state index contributed by atoms with van der Waals surface area (Å²) >= 11 is 0. The Morgan fingerprint density at radius 1 is 1.24 bits per heavy atom. The molecule has 1 N–H and O–H groups in total. The highest BCUT2D eigenvalue weighted by atomic mass is 16.1. The monoisotopic (exact) mass is 228 g/mol. The molecule has 3 rings (SSSR count). The summed E-state index contributed by atoms with van der Waals surface area (Å²) in [6.07, 6.45) is 3.02. The number of nitrogens with zero attached hydrogens (tertiary/aromatic N) is 1. The van der Waals surface area contributed by atoms with E-state index in [0.29, 0.717) is 0 Å². The van der Waals surface area contributed by atoms with Crippen molar-refractivity contribution < 1.29 is 0 Å². The van der Waals surface area contributed by atoms with E-state index in [0.717, 1.165) is 41.8 Å². The number of hydrogen-bond acceptors (Lipinski definition) is 1. The summed E-state index contributed by atoms with van der Waals surface area (Å²) in [5.41, 5.74) is 5.50. The molecule has 1 aromatic heterocycles. The van der Waals surface area contributed by atoms with Crippen LogP contribution in [0.25, 0.3) is 5.69 Å². The van der Waals surface area contributed by atoms with Gasteiger partial charge in [0.2, 0.25) is 0 Å². The van der Waals surface area contributed by atoms with Gasteiger partial charge in [-0.2, -0.15) is 0 Å². The number of rotatable bonds is 1. The van der Waals surface area contributed by atoms with Crippen molar-refractivity contribution in [2.24, 2.45) is 0 Å². The highest BCUT2D eigenvalue weighted by molar-refractivity contribution is 5.43. The van der Waals surface area contributed by atoms with Crippen LogP contribution >= 0.6 is 0 Å². The van der Waals surface area contributed by atoms with Crippen molar-refractivity contribution in [1.82, 2.24) is 9.78 Å². The van der Waals surface area contributed by atoms with Gasteiger partial charge >= 0.3 is 0 Å². The fourth-order valence-electron chi connectivity index (χ4n) is 2.55. The normalized spacial score (nSPS) is 14.0. The van der Waals surface area contributed by atoms with Crippen molar-refractivity contribution in [2.45, 2.75) is 33.1 Å². The van der Waals surface area contributed by atoms with Crippen LogP contribution in [0.4, 0.5) is 0 Å². The Morgan fingerprint density at radius 2 is 2.06 bits per heavy atom. The van der Waals surface area contributed by atoms with Gasteiger partial charge in [0.05, 0.1) is 5.69 Å². The highest BCUT2D eigenvalue weighted by Crippen LogP contribution is 2.19. The summed E-state index contributed by atoms with van der Waals surface area (Å²) in [5.74, 6) is 0. The van der Waals surface area contributed by atoms with Crippen molar-refractivity contribution in [2.75, 3.05) is 0 Å². The van der Waals surface area contributed by atoms with Crippen molar-refractivity contribution >= 4 is 0 Å². The zero-order valence-electron chi connectivity index (χ0n) is 10.2. The minimum atomic E-state index is 0.131. The van der Waals surface area contributed by atoms with Crippen LogP contribution in [0.3, 0.4) is 0 Å². The number of nitrogens with one attached hydrogen (secondary N) is 1. The van der Waals surface area contributed by atoms with Crippen LogP contribution < -0.4 is 5.56 Å². The zero-order chi connectivity index (χ0) is 12.0. The van der Waals surface area contributed by atoms with Gasteiger partial charge in [-0.3, -0.25) is 9.89 Å². The van der Waals surface area contributed by atoms with Crippen LogP contribution in [0.2, 0.25) is 0 Å². The van der Waals surface area contributed by atoms with E-state index in [1.54, 1.807) is 4.68 Å². The molecule has 0 bridgehead atoms. The third-order valence-electron chi connectivity index (χ3n) is 3.53. The molecule has 1 aliphatic rings. The lowest BCUT2D eigenvalue weighted by Gasteiger charge is -2.07. The van der Waals surface area contributed by atoms with Crippen molar-refractivity contribution in [3.05, 3.63) is 50.9 Å². The van der Waals surface area contributed by atoms with Crippen molar-refractivity contribution in [3.8, 4) is 5.69 Å². The third kappa shape index (κ3) is 1.54. The molecule has 0 saturated carbocycles. The zero-order valence-corrected chi connectivity index (χ0v) is 10.2. The van der Waals surface area contributed by atoms with E-state index in [-0.39, 0.29) is 5.56 Å². The quantitative estimate of drug-likeness (QED) is 0.798. The molecule has 0 saturated heterocycles. The van der Waals surface area contributed by atoms with Gasteiger partial charge in [0.25, 0.3) is 5.56 Å². The lowest BCUT2D eigenvalue weighted by atomic mass is 10.1. The predicted molar refractivity (Wildman–Crippen MR) is 67.9 cm³/mol. The molecule has 1 heterocycles. The van der Waals surface area contributed by atoms with Gasteiger partial charge in [-0.25, -0.2) is 4.68 Å². The molecule has 3 heteroatoms. The largest absolute Gasteiger partial charge is 0.295 e. The van der Waals surface area contributed by atoms with Gasteiger partial charge < -0.3 is 0 Å². The molecule has 0 radical (unpaired) electrons. The van der Waals surface area contributed by atoms with Crippen LogP contribution in [0.15, 0.2) is 23.0 Å². The number of benzene rings is 1. The Bertz CT molecular complexity index is 634. The second-order valence-corrected chi connectivity index (χ2v) is 4.85. The van der Waals surface area contributed by atoms with Crippen LogP contribution in [0.1, 0.15) is 28.8 Å². The Labute approximate surface area is 100 Å². The van der Waals surface area contributed by atoms with E-state index in [1.807, 2.05) is 13.8 Å². The maximum atomic E-state index is 12.3. The van der Waals surface area contributed by atoms with Gasteiger partial charge in [0.15, 0.2) is 0 Å². The first kappa shape index (κ1) is 10.4. The molecular weight excluding hydrogens is 212 g/mol. The molecule has 0 unspecified atom stereocenters. The first-order chi connectivity index (χ1) is 8.16. The molecule has 0 atom stereocenters. The summed E-state index contributed by atoms with van der Waals surface area (Å²) in [6.45, 7) is 4.08. The summed E-state index contributed by atoms with van der Waals surface area (Å²) in [5, 5.41) is 3.25. The smallest absolute Gasteiger partial charge is 0.274 e. The Balaban J connectivity index is 2.23. The van der Waals surface area contributed by atoms with Gasteiger partial charge in [-0.05, 0) is 50.3 Å². The van der Waals surface area contributed by atoms with Crippen LogP contribution in [0, 0.1) is 13.8 Å². The predicted octanol–water partition coefficient (Wildman–Crippen LogP) is 2.27. The molecule has 0 aliphatic heterocycles. The number of fused-ring (bicyclic) bond motifs is 1. The van der Waals surface area contributed by atoms with Crippen molar-refractivity contribution in [1.29, 1.82) is 0 Å². The maximum absolute atomic E-state index is 12.3. The van der Waals surface area contributed by atoms with E-state index < -0.39 is 0 Å². The fourth-order valence-corrected chi connectivity index (χ4v) is 2.55. The van der Waals surface area contributed by atoms with Crippen molar-refractivity contribution in [3.63, 3.8) is 0 Å². The Kier molecular flexibility index (Phi) is 2.21. The molecule has 1 aliphatic carbocycles. The highest BCUT2D eigenvalue weighted by Gasteiger charge is 2.20. The van der Waals surface area contributed by atoms with Gasteiger partial charge in [-0.1, -0.05) is 12.1 Å². The second kappa shape index (κ2) is 3.62. The van der Waals surface area contributed by atoms with Gasteiger partial charge in [0.1, 0.15) is 0 Å². The topological polar surface area (TPSA) is 37.8 Å². The average molecular weight is 228 g/mol. The Morgan fingerprint density at radius 3 is 2.82 bits per heavy atom. The first-order valence-electron chi connectivity index (χ1n) is 6.07. The first-order valence-corrected chi connectivity index (χ1v) is 6.07. The molecule has 0 spiro atoms. The SMILES string of the molecule is Cc1ccc(C)c(-n2[nH]c3c(c2=O)CCC3)c1. The number of aryl methyl sites for hydroxylation is 3. The molecule has 17 heavy (non-hydrogen) atoms. The number of hydrogen-bond donors (Lipinski definition) is 1. The number of aromatic nitrogens is 2. The molecule has 1 aromatic carbocycles. The summed E-state index contributed by atoms with van der Waals surface area (Å²) < 4.78 is 1.70. The molecule has 0 amide bonds. The standard InChI is InChI=1S/C14H16N2O/c1-9-6-7-10(2)13(8-9)16-14(17)11-4-3-5-12(11)15-16/h6-8,15H,3-5H2,1-2H3. The number of H-pyrrole nitrogens is 1. The average Bonchev–Trinajstić information content (AvgIpc) is 2.86. The van der Waals surface area contributed by atoms with Crippen LogP contribution in [0.5, 0.6) is 0 Å².